The summed E-state index contributed by atoms with van der Waals surface area (Å²) in [6, 6.07) is 21.1. The van der Waals surface area contributed by atoms with Gasteiger partial charge in [0.1, 0.15) is 17.1 Å². The molecule has 13 heteroatoms. The molecule has 1 aliphatic rings. The van der Waals surface area contributed by atoms with Gasteiger partial charge in [0.2, 0.25) is 11.8 Å². The van der Waals surface area contributed by atoms with E-state index in [0.717, 1.165) is 12.1 Å². The zero-order valence-corrected chi connectivity index (χ0v) is 25.5. The molecule has 0 fully saturated rings. The number of nitrogens with zero attached hydrogens (tertiary/aromatic N) is 3. The molecular formula is C33H29ClF3N5O4. The number of hydrogen-bond acceptors (Lipinski definition) is 6. The summed E-state index contributed by atoms with van der Waals surface area (Å²) in [5.74, 6) is -4.22. The molecule has 1 aliphatic heterocycles. The minimum Gasteiger partial charge on any atom is -0.434 e. The molecule has 0 aromatic heterocycles. The molecule has 0 aliphatic carbocycles. The van der Waals surface area contributed by atoms with Gasteiger partial charge in [0.05, 0.1) is 35.5 Å². The van der Waals surface area contributed by atoms with E-state index in [4.69, 9.17) is 10.5 Å². The van der Waals surface area contributed by atoms with E-state index in [-0.39, 0.29) is 59.3 Å². The fourth-order valence-corrected chi connectivity index (χ4v) is 5.55. The van der Waals surface area contributed by atoms with Gasteiger partial charge in [-0.2, -0.15) is 14.0 Å². The molecule has 238 valence electrons. The van der Waals surface area contributed by atoms with Crippen molar-refractivity contribution >= 4 is 52.3 Å². The lowest BCUT2D eigenvalue weighted by molar-refractivity contribution is -0.133. The molecule has 3 amide bonds. The highest BCUT2D eigenvalue weighted by atomic mass is 35.5. The van der Waals surface area contributed by atoms with Gasteiger partial charge in [-0.3, -0.25) is 14.4 Å². The molecule has 4 aromatic carbocycles. The molecular weight excluding hydrogens is 623 g/mol. The Morgan fingerprint density at radius 3 is 2.41 bits per heavy atom. The first-order chi connectivity index (χ1) is 21.5. The fourth-order valence-electron chi connectivity index (χ4n) is 5.55. The maximum absolute atomic E-state index is 14.6. The molecule has 9 nitrogen and oxygen atoms in total. The van der Waals surface area contributed by atoms with Gasteiger partial charge in [-0.1, -0.05) is 30.3 Å². The van der Waals surface area contributed by atoms with Gasteiger partial charge < -0.3 is 25.6 Å². The van der Waals surface area contributed by atoms with Crippen molar-refractivity contribution < 1.29 is 32.3 Å². The zero-order chi connectivity index (χ0) is 32.5. The number of anilines is 2. The first-order valence-corrected chi connectivity index (χ1v) is 13.9. The molecule has 0 radical (unpaired) electrons. The predicted molar refractivity (Wildman–Crippen MR) is 168 cm³/mol. The maximum atomic E-state index is 14.6. The van der Waals surface area contributed by atoms with Crippen LogP contribution in [0.15, 0.2) is 78.9 Å². The second-order valence-electron chi connectivity index (χ2n) is 10.7. The summed E-state index contributed by atoms with van der Waals surface area (Å²) in [5, 5.41) is 13.8. The number of amides is 3. The number of carbonyl (C=O) groups is 3. The van der Waals surface area contributed by atoms with Crippen LogP contribution in [0.3, 0.4) is 0 Å². The van der Waals surface area contributed by atoms with E-state index in [0.29, 0.717) is 10.8 Å². The molecule has 2 atom stereocenters. The number of primary amides is 1. The predicted octanol–water partition coefficient (Wildman–Crippen LogP) is 5.15. The van der Waals surface area contributed by atoms with Gasteiger partial charge in [0.15, 0.2) is 0 Å². The van der Waals surface area contributed by atoms with Crippen molar-refractivity contribution in [2.24, 2.45) is 11.7 Å². The molecule has 3 N–H and O–H groups in total. The molecule has 5 rings (SSSR count). The lowest BCUT2D eigenvalue weighted by atomic mass is 9.83. The lowest BCUT2D eigenvalue weighted by Gasteiger charge is -2.36. The van der Waals surface area contributed by atoms with Gasteiger partial charge >= 0.3 is 6.61 Å². The smallest absolute Gasteiger partial charge is 0.387 e. The van der Waals surface area contributed by atoms with Gasteiger partial charge in [0.25, 0.3) is 5.91 Å². The van der Waals surface area contributed by atoms with Crippen LogP contribution in [0.25, 0.3) is 10.8 Å². The Labute approximate surface area is 268 Å². The Balaban J connectivity index is 0.00000480. The van der Waals surface area contributed by atoms with Crippen LogP contribution in [-0.2, 0) is 16.1 Å². The molecule has 1 unspecified atom stereocenters. The van der Waals surface area contributed by atoms with Crippen molar-refractivity contribution in [3.63, 3.8) is 0 Å². The van der Waals surface area contributed by atoms with Crippen LogP contribution in [-0.4, -0.2) is 43.5 Å². The fraction of sp³-hybridized carbons (Fsp3) is 0.212. The van der Waals surface area contributed by atoms with Crippen molar-refractivity contribution in [2.45, 2.75) is 25.6 Å². The van der Waals surface area contributed by atoms with Crippen molar-refractivity contribution in [1.29, 1.82) is 5.26 Å². The number of nitriles is 1. The quantitative estimate of drug-likeness (QED) is 0.271. The first kappa shape index (κ1) is 33.8. The lowest BCUT2D eigenvalue weighted by Crippen LogP contribution is -2.63. The summed E-state index contributed by atoms with van der Waals surface area (Å²) < 4.78 is 45.7. The number of fused-ring (bicyclic) bond motifs is 2. The van der Waals surface area contributed by atoms with Gasteiger partial charge in [-0.05, 0) is 73.3 Å². The Morgan fingerprint density at radius 2 is 1.78 bits per heavy atom. The Bertz CT molecular complexity index is 1850. The third kappa shape index (κ3) is 6.20. The van der Waals surface area contributed by atoms with Crippen molar-refractivity contribution in [3.05, 3.63) is 101 Å². The van der Waals surface area contributed by atoms with Crippen LogP contribution < -0.4 is 25.6 Å². The molecule has 0 spiro atoms. The number of carbonyl (C=O) groups excluding carboxylic acids is 3. The summed E-state index contributed by atoms with van der Waals surface area (Å²) in [4.78, 5) is 44.1. The number of rotatable bonds is 8. The summed E-state index contributed by atoms with van der Waals surface area (Å²) in [6.45, 7) is -2.41. The second kappa shape index (κ2) is 13.5. The normalized spacial score (nSPS) is 15.8. The summed E-state index contributed by atoms with van der Waals surface area (Å²) >= 11 is 0. The Hall–Kier alpha value is -5.12. The van der Waals surface area contributed by atoms with Crippen molar-refractivity contribution in [3.8, 4) is 11.8 Å². The number of benzene rings is 4. The van der Waals surface area contributed by atoms with Crippen LogP contribution in [0, 0.1) is 23.1 Å². The van der Waals surface area contributed by atoms with E-state index in [9.17, 15) is 32.8 Å². The van der Waals surface area contributed by atoms with Crippen LogP contribution in [0.1, 0.15) is 28.4 Å². The average molecular weight is 652 g/mol. The largest absolute Gasteiger partial charge is 0.434 e. The molecule has 1 heterocycles. The highest BCUT2D eigenvalue weighted by Gasteiger charge is 2.49. The highest BCUT2D eigenvalue weighted by Crippen LogP contribution is 2.41. The van der Waals surface area contributed by atoms with E-state index in [1.165, 1.54) is 60.2 Å². The molecule has 0 saturated heterocycles. The topological polar surface area (TPSA) is 129 Å². The number of halogens is 4. The summed E-state index contributed by atoms with van der Waals surface area (Å²) in [6.07, 6.45) is 0. The van der Waals surface area contributed by atoms with Gasteiger partial charge in [-0.25, -0.2) is 4.39 Å². The minimum absolute atomic E-state index is 0. The summed E-state index contributed by atoms with van der Waals surface area (Å²) in [5.41, 5.74) is 4.91. The van der Waals surface area contributed by atoms with E-state index in [2.05, 4.69) is 5.32 Å². The minimum atomic E-state index is -3.16. The molecule has 0 bridgehead atoms. The molecule has 46 heavy (non-hydrogen) atoms. The SMILES string of the molecule is CNC(C)(C(N)=O)[C@@H]1CN(C(=O)c2ccc(F)cc2)c2cc(C#N)ccc2N(Cc2c(OC(F)F)ccc3ccccc23)C1=O.Cl. The van der Waals surface area contributed by atoms with Crippen LogP contribution >= 0.6 is 12.4 Å². The van der Waals surface area contributed by atoms with Crippen molar-refractivity contribution in [1.82, 2.24) is 5.32 Å². The van der Waals surface area contributed by atoms with E-state index in [1.807, 2.05) is 6.07 Å². The third-order valence-corrected chi connectivity index (χ3v) is 8.21. The number of alkyl halides is 2. The second-order valence-corrected chi connectivity index (χ2v) is 10.7. The Morgan fingerprint density at radius 1 is 1.09 bits per heavy atom. The number of hydrogen-bond donors (Lipinski definition) is 2. The monoisotopic (exact) mass is 651 g/mol. The number of nitrogens with one attached hydrogen (secondary N) is 1. The third-order valence-electron chi connectivity index (χ3n) is 8.21. The average Bonchev–Trinajstić information content (AvgIpc) is 3.15. The standard InChI is InChI=1S/C33H28F3N5O4.ClH/c1-33(39-2,31(38)44)25-18-41(29(42)21-8-11-22(34)12-9-21)27-15-19(16-37)7-13-26(27)40(30(25)43)17-24-23-6-4-3-5-20(23)10-14-28(24)45-32(35)36;/h3-15,25,32,39H,17-18H2,1-2H3,(H2,38,44);1H/t25-,33?;/m1./s1. The van der Waals surface area contributed by atoms with Crippen LogP contribution in [0.5, 0.6) is 5.75 Å². The van der Waals surface area contributed by atoms with Gasteiger partial charge in [0, 0.05) is 17.7 Å². The number of likely N-dealkylation sites (N-methyl/N-ethyl adjacent to an activating group) is 1. The highest BCUT2D eigenvalue weighted by molar-refractivity contribution is 6.13. The zero-order valence-electron chi connectivity index (χ0n) is 24.7. The van der Waals surface area contributed by atoms with E-state index >= 15 is 0 Å². The van der Waals surface area contributed by atoms with Crippen LogP contribution in [0.4, 0.5) is 24.5 Å². The molecule has 0 saturated carbocycles. The van der Waals surface area contributed by atoms with E-state index in [1.54, 1.807) is 30.3 Å². The van der Waals surface area contributed by atoms with E-state index < -0.39 is 41.6 Å². The number of ether oxygens (including phenoxy) is 1. The Kier molecular flexibility index (Phi) is 9.89. The van der Waals surface area contributed by atoms with Gasteiger partial charge in [-0.15, -0.1) is 12.4 Å². The maximum Gasteiger partial charge on any atom is 0.387 e. The van der Waals surface area contributed by atoms with Crippen molar-refractivity contribution in [2.75, 3.05) is 23.4 Å². The first-order valence-electron chi connectivity index (χ1n) is 13.9. The van der Waals surface area contributed by atoms with Crippen LogP contribution in [0.2, 0.25) is 0 Å². The summed E-state index contributed by atoms with van der Waals surface area (Å²) in [7, 11) is 1.44. The molecule has 4 aromatic rings. The number of nitrogens with two attached hydrogens (primary N) is 1.